The summed E-state index contributed by atoms with van der Waals surface area (Å²) >= 11 is 17.7. The van der Waals surface area contributed by atoms with Gasteiger partial charge in [-0.1, -0.05) is 52.1 Å². The molecule has 0 aliphatic rings. The Balaban J connectivity index is 1.57. The van der Waals surface area contributed by atoms with Crippen molar-refractivity contribution in [3.8, 4) is 5.75 Å². The van der Waals surface area contributed by atoms with Gasteiger partial charge in [0.15, 0.2) is 0 Å². The van der Waals surface area contributed by atoms with E-state index in [9.17, 15) is 4.79 Å². The number of fused-ring (bicyclic) bond motifs is 1. The van der Waals surface area contributed by atoms with Crippen molar-refractivity contribution in [2.75, 3.05) is 0 Å². The Bertz CT molecular complexity index is 1440. The van der Waals surface area contributed by atoms with E-state index in [2.05, 4.69) is 48.6 Å². The number of halogens is 4. The number of aromatic nitrogens is 2. The fourth-order valence-electron chi connectivity index (χ4n) is 3.17. The first-order valence-electron chi connectivity index (χ1n) is 9.97. The van der Waals surface area contributed by atoms with Gasteiger partial charge in [-0.3, -0.25) is 4.79 Å². The van der Waals surface area contributed by atoms with Crippen LogP contribution in [0.15, 0.2) is 69.0 Å². The van der Waals surface area contributed by atoms with Crippen LogP contribution in [0, 0.1) is 3.57 Å². The molecule has 3 aromatic carbocycles. The second-order valence-corrected chi connectivity index (χ2v) is 10.0. The minimum Gasteiger partial charge on any atom is -0.488 e. The molecule has 5 nitrogen and oxygen atoms in total. The SMILES string of the molecule is CCc1nc2ccc(Br)cc2c(=O)n1N=Cc1ccc(OCc2ccc(Cl)c(Cl)c2)c(I)c1. The zero-order valence-electron chi connectivity index (χ0n) is 17.4. The van der Waals surface area contributed by atoms with E-state index >= 15 is 0 Å². The molecule has 1 aromatic heterocycles. The third-order valence-corrected chi connectivity index (χ3v) is 6.92. The zero-order chi connectivity index (χ0) is 23.5. The number of aryl methyl sites for hydroxylation is 1. The monoisotopic (exact) mass is 655 g/mol. The summed E-state index contributed by atoms with van der Waals surface area (Å²) < 4.78 is 9.02. The van der Waals surface area contributed by atoms with Crippen molar-refractivity contribution < 1.29 is 4.74 Å². The molecule has 0 amide bonds. The summed E-state index contributed by atoms with van der Waals surface area (Å²) in [7, 11) is 0. The summed E-state index contributed by atoms with van der Waals surface area (Å²) in [6.45, 7) is 2.31. The molecule has 0 atom stereocenters. The third kappa shape index (κ3) is 5.59. The average molecular weight is 657 g/mol. The van der Waals surface area contributed by atoms with Gasteiger partial charge in [-0.25, -0.2) is 4.98 Å². The van der Waals surface area contributed by atoms with Crippen LogP contribution in [0.5, 0.6) is 5.75 Å². The van der Waals surface area contributed by atoms with Crippen LogP contribution in [-0.4, -0.2) is 15.9 Å². The summed E-state index contributed by atoms with van der Waals surface area (Å²) in [5, 5.41) is 5.96. The predicted molar refractivity (Wildman–Crippen MR) is 146 cm³/mol. The number of benzene rings is 3. The lowest BCUT2D eigenvalue weighted by Gasteiger charge is -2.10. The Labute approximate surface area is 222 Å². The lowest BCUT2D eigenvalue weighted by molar-refractivity contribution is 0.304. The van der Waals surface area contributed by atoms with Gasteiger partial charge in [0.25, 0.3) is 5.56 Å². The summed E-state index contributed by atoms with van der Waals surface area (Å²) in [6, 6.07) is 16.6. The highest BCUT2D eigenvalue weighted by atomic mass is 127. The van der Waals surface area contributed by atoms with Crippen molar-refractivity contribution in [3.63, 3.8) is 0 Å². The highest BCUT2D eigenvalue weighted by molar-refractivity contribution is 14.1. The molecule has 0 aliphatic heterocycles. The molecule has 0 aliphatic carbocycles. The number of rotatable bonds is 6. The van der Waals surface area contributed by atoms with Gasteiger partial charge in [-0.05, 0) is 82.2 Å². The van der Waals surface area contributed by atoms with Crippen LogP contribution in [0.1, 0.15) is 23.9 Å². The molecule has 0 saturated carbocycles. The van der Waals surface area contributed by atoms with E-state index in [0.29, 0.717) is 39.8 Å². The predicted octanol–water partition coefficient (Wildman–Crippen LogP) is 7.09. The molecule has 0 N–H and O–H groups in total. The Morgan fingerprint density at radius 2 is 1.94 bits per heavy atom. The minimum atomic E-state index is -0.203. The van der Waals surface area contributed by atoms with E-state index in [-0.39, 0.29) is 5.56 Å². The molecule has 0 saturated heterocycles. The van der Waals surface area contributed by atoms with Gasteiger partial charge in [-0.2, -0.15) is 9.78 Å². The smallest absolute Gasteiger partial charge is 0.282 e. The van der Waals surface area contributed by atoms with E-state index in [0.717, 1.165) is 24.9 Å². The van der Waals surface area contributed by atoms with Crippen molar-refractivity contribution in [1.82, 2.24) is 9.66 Å². The molecule has 0 fully saturated rings. The maximum atomic E-state index is 13.0. The first-order valence-corrected chi connectivity index (χ1v) is 12.6. The van der Waals surface area contributed by atoms with Crippen molar-refractivity contribution in [3.05, 3.63) is 100.0 Å². The largest absolute Gasteiger partial charge is 0.488 e. The molecule has 0 bridgehead atoms. The topological polar surface area (TPSA) is 56.5 Å². The Morgan fingerprint density at radius 1 is 1.12 bits per heavy atom. The number of hydrogen-bond acceptors (Lipinski definition) is 4. The molecule has 1 heterocycles. The molecular weight excluding hydrogens is 640 g/mol. The first kappa shape index (κ1) is 24.2. The van der Waals surface area contributed by atoms with Crippen molar-refractivity contribution in [2.24, 2.45) is 5.10 Å². The van der Waals surface area contributed by atoms with Crippen LogP contribution in [-0.2, 0) is 13.0 Å². The van der Waals surface area contributed by atoms with Crippen LogP contribution >= 0.6 is 61.7 Å². The second-order valence-electron chi connectivity index (χ2n) is 7.13. The van der Waals surface area contributed by atoms with E-state index in [1.807, 2.05) is 43.3 Å². The zero-order valence-corrected chi connectivity index (χ0v) is 22.6. The molecule has 4 aromatic rings. The quantitative estimate of drug-likeness (QED) is 0.164. The summed E-state index contributed by atoms with van der Waals surface area (Å²) in [5.74, 6) is 1.34. The molecule has 0 radical (unpaired) electrons. The number of nitrogens with zero attached hydrogens (tertiary/aromatic N) is 3. The maximum Gasteiger partial charge on any atom is 0.282 e. The molecule has 0 unspecified atom stereocenters. The van der Waals surface area contributed by atoms with E-state index in [1.165, 1.54) is 4.68 Å². The van der Waals surface area contributed by atoms with Crippen molar-refractivity contribution >= 4 is 78.8 Å². The second kappa shape index (κ2) is 10.5. The van der Waals surface area contributed by atoms with Crippen molar-refractivity contribution in [2.45, 2.75) is 20.0 Å². The minimum absolute atomic E-state index is 0.203. The van der Waals surface area contributed by atoms with Gasteiger partial charge in [-0.15, -0.1) is 0 Å². The van der Waals surface area contributed by atoms with Gasteiger partial charge >= 0.3 is 0 Å². The molecule has 9 heteroatoms. The Hall–Kier alpha value is -1.94. The molecule has 168 valence electrons. The first-order chi connectivity index (χ1) is 15.9. The van der Waals surface area contributed by atoms with Gasteiger partial charge in [0.2, 0.25) is 0 Å². The number of hydrogen-bond donors (Lipinski definition) is 0. The van der Waals surface area contributed by atoms with E-state index < -0.39 is 0 Å². The number of ether oxygens (including phenoxy) is 1. The highest BCUT2D eigenvalue weighted by Gasteiger charge is 2.10. The lowest BCUT2D eigenvalue weighted by Crippen LogP contribution is -2.22. The highest BCUT2D eigenvalue weighted by Crippen LogP contribution is 2.26. The van der Waals surface area contributed by atoms with Crippen LogP contribution in [0.3, 0.4) is 0 Å². The van der Waals surface area contributed by atoms with Crippen LogP contribution in [0.25, 0.3) is 10.9 Å². The average Bonchev–Trinajstić information content (AvgIpc) is 2.80. The summed E-state index contributed by atoms with van der Waals surface area (Å²) in [5.41, 5.74) is 2.22. The standard InChI is InChI=1S/C24H17BrCl2IN3O2/c1-2-23-30-21-7-5-16(25)11-17(21)24(32)31(23)29-12-14-4-8-22(20(28)10-14)33-13-15-3-6-18(26)19(27)9-15/h3-12H,2,13H2,1H3. The maximum absolute atomic E-state index is 13.0. The molecule has 33 heavy (non-hydrogen) atoms. The molecular formula is C24H17BrCl2IN3O2. The van der Waals surface area contributed by atoms with Gasteiger partial charge in [0.1, 0.15) is 18.2 Å². The van der Waals surface area contributed by atoms with Crippen LogP contribution in [0.4, 0.5) is 0 Å². The molecule has 4 rings (SSSR count). The van der Waals surface area contributed by atoms with Crippen LogP contribution < -0.4 is 10.3 Å². The normalized spacial score (nSPS) is 11.4. The lowest BCUT2D eigenvalue weighted by atomic mass is 10.2. The fraction of sp³-hybridized carbons (Fsp3) is 0.125. The Morgan fingerprint density at radius 3 is 2.67 bits per heavy atom. The summed E-state index contributed by atoms with van der Waals surface area (Å²) in [4.78, 5) is 17.6. The summed E-state index contributed by atoms with van der Waals surface area (Å²) in [6.07, 6.45) is 2.23. The fourth-order valence-corrected chi connectivity index (χ4v) is 4.55. The van der Waals surface area contributed by atoms with E-state index in [4.69, 9.17) is 27.9 Å². The van der Waals surface area contributed by atoms with Crippen LogP contribution in [0.2, 0.25) is 10.0 Å². The molecule has 0 spiro atoms. The van der Waals surface area contributed by atoms with Gasteiger partial charge in [0.05, 0.1) is 30.7 Å². The van der Waals surface area contributed by atoms with Crippen molar-refractivity contribution in [1.29, 1.82) is 0 Å². The van der Waals surface area contributed by atoms with Gasteiger partial charge < -0.3 is 4.74 Å². The van der Waals surface area contributed by atoms with Gasteiger partial charge in [0, 0.05) is 10.9 Å². The Kier molecular flexibility index (Phi) is 7.73. The van der Waals surface area contributed by atoms with E-state index in [1.54, 1.807) is 24.4 Å². The third-order valence-electron chi connectivity index (χ3n) is 4.85.